The van der Waals surface area contributed by atoms with Gasteiger partial charge in [-0.25, -0.2) is 0 Å². The van der Waals surface area contributed by atoms with Crippen molar-refractivity contribution in [3.05, 3.63) is 12.2 Å². The molecule has 0 saturated heterocycles. The first-order valence-electron chi connectivity index (χ1n) is 5.98. The molecule has 1 heteroatoms. The largest absolute Gasteiger partial charge is 0.390 e. The minimum atomic E-state index is -0.495. The van der Waals surface area contributed by atoms with Crippen molar-refractivity contribution in [2.45, 2.75) is 51.6 Å². The molecule has 0 aliphatic heterocycles. The van der Waals surface area contributed by atoms with E-state index in [0.717, 1.165) is 18.3 Å². The van der Waals surface area contributed by atoms with Gasteiger partial charge in [0.2, 0.25) is 0 Å². The highest BCUT2D eigenvalue weighted by Gasteiger charge is 2.39. The van der Waals surface area contributed by atoms with Crippen molar-refractivity contribution in [2.75, 3.05) is 0 Å². The monoisotopic (exact) mass is 194 g/mol. The van der Waals surface area contributed by atoms with Gasteiger partial charge in [-0.05, 0) is 50.9 Å². The highest BCUT2D eigenvalue weighted by Crippen LogP contribution is 2.44. The second kappa shape index (κ2) is 3.69. The Morgan fingerprint density at radius 1 is 1.21 bits per heavy atom. The predicted octanol–water partition coefficient (Wildman–Crippen LogP) is 3.14. The van der Waals surface area contributed by atoms with E-state index in [1.807, 2.05) is 13.8 Å². The van der Waals surface area contributed by atoms with Gasteiger partial charge in [0.05, 0.1) is 5.60 Å². The van der Waals surface area contributed by atoms with E-state index in [-0.39, 0.29) is 0 Å². The van der Waals surface area contributed by atoms with E-state index in [0.29, 0.717) is 5.92 Å². The molecule has 2 aliphatic rings. The Kier molecular flexibility index (Phi) is 2.70. The quantitative estimate of drug-likeness (QED) is 0.636. The van der Waals surface area contributed by atoms with Crippen molar-refractivity contribution in [1.82, 2.24) is 0 Å². The van der Waals surface area contributed by atoms with Gasteiger partial charge < -0.3 is 5.11 Å². The summed E-state index contributed by atoms with van der Waals surface area (Å²) in [6.07, 6.45) is 11.2. The van der Waals surface area contributed by atoms with Crippen LogP contribution in [0.3, 0.4) is 0 Å². The smallest absolute Gasteiger partial charge is 0.0625 e. The van der Waals surface area contributed by atoms with Crippen LogP contribution in [0.2, 0.25) is 0 Å². The molecule has 1 N–H and O–H groups in total. The summed E-state index contributed by atoms with van der Waals surface area (Å²) in [6.45, 7) is 3.95. The number of hydrogen-bond acceptors (Lipinski definition) is 1. The van der Waals surface area contributed by atoms with E-state index in [1.54, 1.807) is 0 Å². The fourth-order valence-corrected chi connectivity index (χ4v) is 3.31. The summed E-state index contributed by atoms with van der Waals surface area (Å²) in [7, 11) is 0. The van der Waals surface area contributed by atoms with Gasteiger partial charge in [-0.3, -0.25) is 0 Å². The van der Waals surface area contributed by atoms with Gasteiger partial charge in [-0.2, -0.15) is 0 Å². The molecular weight excluding hydrogens is 172 g/mol. The number of fused-ring (bicyclic) bond motifs is 1. The Bertz CT molecular complexity index is 224. The first-order valence-corrected chi connectivity index (χ1v) is 5.98. The van der Waals surface area contributed by atoms with Crippen LogP contribution in [0.5, 0.6) is 0 Å². The van der Waals surface area contributed by atoms with Crippen LogP contribution >= 0.6 is 0 Å². The number of rotatable bonds is 1. The third kappa shape index (κ3) is 1.88. The van der Waals surface area contributed by atoms with Crippen molar-refractivity contribution >= 4 is 0 Å². The Morgan fingerprint density at radius 3 is 2.64 bits per heavy atom. The predicted molar refractivity (Wildman–Crippen MR) is 59.0 cm³/mol. The molecule has 0 bridgehead atoms. The lowest BCUT2D eigenvalue weighted by atomic mass is 9.64. The van der Waals surface area contributed by atoms with Gasteiger partial charge in [0.1, 0.15) is 0 Å². The molecule has 0 aromatic rings. The van der Waals surface area contributed by atoms with E-state index < -0.39 is 5.60 Å². The average Bonchev–Trinajstić information content (AvgIpc) is 2.15. The molecule has 0 amide bonds. The fraction of sp³-hybridized carbons (Fsp3) is 0.846. The zero-order chi connectivity index (χ0) is 10.2. The van der Waals surface area contributed by atoms with Crippen LogP contribution in [0.15, 0.2) is 12.2 Å². The summed E-state index contributed by atoms with van der Waals surface area (Å²) in [5, 5.41) is 10.1. The van der Waals surface area contributed by atoms with Gasteiger partial charge in [0, 0.05) is 0 Å². The first-order chi connectivity index (χ1) is 6.59. The molecule has 0 heterocycles. The van der Waals surface area contributed by atoms with E-state index in [4.69, 9.17) is 0 Å². The fourth-order valence-electron chi connectivity index (χ4n) is 3.31. The normalized spacial score (nSPS) is 38.1. The molecule has 2 aliphatic carbocycles. The second-order valence-electron chi connectivity index (χ2n) is 5.54. The van der Waals surface area contributed by atoms with Gasteiger partial charge in [-0.1, -0.05) is 25.0 Å². The first kappa shape index (κ1) is 10.2. The van der Waals surface area contributed by atoms with Crippen molar-refractivity contribution in [2.24, 2.45) is 17.8 Å². The molecule has 3 atom stereocenters. The van der Waals surface area contributed by atoms with Gasteiger partial charge in [-0.15, -0.1) is 0 Å². The molecule has 80 valence electrons. The zero-order valence-electron chi connectivity index (χ0n) is 9.37. The number of allylic oxidation sites excluding steroid dienone is 2. The van der Waals surface area contributed by atoms with Crippen LogP contribution in [-0.2, 0) is 0 Å². The molecular formula is C13H22O. The lowest BCUT2D eigenvalue weighted by Gasteiger charge is -2.43. The minimum absolute atomic E-state index is 0.484. The molecule has 0 aromatic heterocycles. The average molecular weight is 194 g/mol. The molecule has 2 rings (SSSR count). The lowest BCUT2D eigenvalue weighted by molar-refractivity contribution is -0.0305. The maximum Gasteiger partial charge on any atom is 0.0625 e. The Balaban J connectivity index is 2.15. The molecule has 14 heavy (non-hydrogen) atoms. The summed E-state index contributed by atoms with van der Waals surface area (Å²) in [6, 6.07) is 0. The third-order valence-corrected chi connectivity index (χ3v) is 4.07. The molecule has 1 saturated carbocycles. The zero-order valence-corrected chi connectivity index (χ0v) is 9.37. The van der Waals surface area contributed by atoms with Crippen LogP contribution < -0.4 is 0 Å². The van der Waals surface area contributed by atoms with Gasteiger partial charge in [0.25, 0.3) is 0 Å². The third-order valence-electron chi connectivity index (χ3n) is 4.07. The molecule has 0 spiro atoms. The van der Waals surface area contributed by atoms with Crippen LogP contribution in [0.1, 0.15) is 46.0 Å². The van der Waals surface area contributed by atoms with Crippen LogP contribution in [-0.4, -0.2) is 10.7 Å². The molecule has 0 unspecified atom stereocenters. The summed E-state index contributed by atoms with van der Waals surface area (Å²) < 4.78 is 0. The Morgan fingerprint density at radius 2 is 1.93 bits per heavy atom. The van der Waals surface area contributed by atoms with Crippen molar-refractivity contribution in [1.29, 1.82) is 0 Å². The second-order valence-corrected chi connectivity index (χ2v) is 5.54. The van der Waals surface area contributed by atoms with E-state index in [9.17, 15) is 5.11 Å². The molecule has 0 radical (unpaired) electrons. The van der Waals surface area contributed by atoms with Crippen LogP contribution in [0, 0.1) is 17.8 Å². The minimum Gasteiger partial charge on any atom is -0.390 e. The van der Waals surface area contributed by atoms with E-state index >= 15 is 0 Å². The standard InChI is InChI=1S/C13H22O/c1-13(2,14)12-9-5-7-10-6-3-4-8-11(10)12/h5,7,10-12,14H,3-4,6,8-9H2,1-2H3/t10-,11-,12-/m1/s1. The maximum atomic E-state index is 10.1. The number of hydrogen-bond donors (Lipinski definition) is 1. The molecule has 1 nitrogen and oxygen atoms in total. The topological polar surface area (TPSA) is 20.2 Å². The van der Waals surface area contributed by atoms with Gasteiger partial charge in [0.15, 0.2) is 0 Å². The molecule has 1 fully saturated rings. The summed E-state index contributed by atoms with van der Waals surface area (Å²) in [5.74, 6) is 1.99. The van der Waals surface area contributed by atoms with Crippen LogP contribution in [0.25, 0.3) is 0 Å². The maximum absolute atomic E-state index is 10.1. The summed E-state index contributed by atoms with van der Waals surface area (Å²) >= 11 is 0. The van der Waals surface area contributed by atoms with Crippen molar-refractivity contribution in [3.8, 4) is 0 Å². The summed E-state index contributed by atoms with van der Waals surface area (Å²) in [4.78, 5) is 0. The molecule has 0 aromatic carbocycles. The SMILES string of the molecule is CC(C)(O)[C@@H]1CC=C[C@H]2CCCC[C@@H]12. The van der Waals surface area contributed by atoms with Crippen molar-refractivity contribution < 1.29 is 5.11 Å². The summed E-state index contributed by atoms with van der Waals surface area (Å²) in [5.41, 5.74) is -0.495. The Hall–Kier alpha value is -0.300. The van der Waals surface area contributed by atoms with E-state index in [2.05, 4.69) is 12.2 Å². The highest BCUT2D eigenvalue weighted by molar-refractivity contribution is 5.05. The number of aliphatic hydroxyl groups is 1. The highest BCUT2D eigenvalue weighted by atomic mass is 16.3. The van der Waals surface area contributed by atoms with Crippen molar-refractivity contribution in [3.63, 3.8) is 0 Å². The van der Waals surface area contributed by atoms with Crippen LogP contribution in [0.4, 0.5) is 0 Å². The lowest BCUT2D eigenvalue weighted by Crippen LogP contribution is -2.41. The van der Waals surface area contributed by atoms with Gasteiger partial charge >= 0.3 is 0 Å². The Labute approximate surface area is 87.2 Å². The van der Waals surface area contributed by atoms with E-state index in [1.165, 1.54) is 25.7 Å².